The zero-order chi connectivity index (χ0) is 14.4. The van der Waals surface area contributed by atoms with Crippen LogP contribution in [-0.2, 0) is 11.2 Å². The normalized spacial score (nSPS) is 10.3. The summed E-state index contributed by atoms with van der Waals surface area (Å²) in [7, 11) is 1.36. The number of halogens is 1. The zero-order valence-corrected chi connectivity index (χ0v) is 12.8. The minimum Gasteiger partial charge on any atom is -0.453 e. The van der Waals surface area contributed by atoms with E-state index in [4.69, 9.17) is 0 Å². The number of benzene rings is 1. The highest BCUT2D eigenvalue weighted by molar-refractivity contribution is 9.10. The lowest BCUT2D eigenvalue weighted by atomic mass is 10.2. The van der Waals surface area contributed by atoms with Gasteiger partial charge >= 0.3 is 6.09 Å². The zero-order valence-electron chi connectivity index (χ0n) is 11.2. The molecular weight excluding hydrogens is 322 g/mol. The van der Waals surface area contributed by atoms with Crippen molar-refractivity contribution in [2.75, 3.05) is 13.7 Å². The van der Waals surface area contributed by atoms with Crippen molar-refractivity contribution < 1.29 is 9.53 Å². The van der Waals surface area contributed by atoms with Crippen molar-refractivity contribution in [3.05, 3.63) is 46.7 Å². The number of ether oxygens (including phenoxy) is 1. The first kappa shape index (κ1) is 14.6. The van der Waals surface area contributed by atoms with Crippen LogP contribution in [0.5, 0.6) is 0 Å². The Bertz CT molecular complexity index is 583. The van der Waals surface area contributed by atoms with Crippen molar-refractivity contribution in [3.63, 3.8) is 0 Å². The fourth-order valence-corrected chi connectivity index (χ4v) is 2.19. The molecule has 0 aliphatic rings. The first-order chi connectivity index (χ1) is 9.69. The van der Waals surface area contributed by atoms with Gasteiger partial charge in [0.15, 0.2) is 0 Å². The van der Waals surface area contributed by atoms with E-state index in [1.165, 1.54) is 7.11 Å². The number of methoxy groups -OCH3 is 1. The maximum absolute atomic E-state index is 10.9. The van der Waals surface area contributed by atoms with Crippen LogP contribution in [-0.4, -0.2) is 29.5 Å². The second-order valence-electron chi connectivity index (χ2n) is 4.29. The van der Waals surface area contributed by atoms with E-state index in [1.807, 2.05) is 41.3 Å². The topological polar surface area (TPSA) is 56.1 Å². The smallest absolute Gasteiger partial charge is 0.406 e. The molecule has 20 heavy (non-hydrogen) atoms. The molecular formula is C14H16BrN3O2. The van der Waals surface area contributed by atoms with Gasteiger partial charge in [0.2, 0.25) is 0 Å². The van der Waals surface area contributed by atoms with Crippen LogP contribution in [0.15, 0.2) is 41.1 Å². The molecule has 0 saturated carbocycles. The summed E-state index contributed by atoms with van der Waals surface area (Å²) in [5.74, 6) is 0. The van der Waals surface area contributed by atoms with E-state index in [0.29, 0.717) is 6.54 Å². The lowest BCUT2D eigenvalue weighted by molar-refractivity contribution is 0.171. The molecule has 0 aliphatic carbocycles. The van der Waals surface area contributed by atoms with Gasteiger partial charge in [-0.15, -0.1) is 0 Å². The van der Waals surface area contributed by atoms with Crippen LogP contribution in [0.2, 0.25) is 0 Å². The Labute approximate surface area is 126 Å². The van der Waals surface area contributed by atoms with Gasteiger partial charge in [-0.05, 0) is 36.6 Å². The third-order valence-electron chi connectivity index (χ3n) is 2.81. The fraction of sp³-hybridized carbons (Fsp3) is 0.286. The Morgan fingerprint density at radius 1 is 1.50 bits per heavy atom. The molecule has 1 N–H and O–H groups in total. The molecule has 0 fully saturated rings. The summed E-state index contributed by atoms with van der Waals surface area (Å²) in [6, 6.07) is 7.96. The van der Waals surface area contributed by atoms with E-state index >= 15 is 0 Å². The SMILES string of the molecule is COC(=O)NCCCc1cnn(-c2cccc(Br)c2)c1. The lowest BCUT2D eigenvalue weighted by Crippen LogP contribution is -2.24. The molecule has 6 heteroatoms. The maximum atomic E-state index is 10.9. The van der Waals surface area contributed by atoms with Gasteiger partial charge in [0, 0.05) is 17.2 Å². The van der Waals surface area contributed by atoms with Gasteiger partial charge < -0.3 is 10.1 Å². The lowest BCUT2D eigenvalue weighted by Gasteiger charge is -2.02. The van der Waals surface area contributed by atoms with Crippen molar-refractivity contribution in [2.24, 2.45) is 0 Å². The van der Waals surface area contributed by atoms with E-state index < -0.39 is 6.09 Å². The Kier molecular flexibility index (Phi) is 5.17. The van der Waals surface area contributed by atoms with Crippen LogP contribution in [0.25, 0.3) is 5.69 Å². The van der Waals surface area contributed by atoms with Crippen LogP contribution >= 0.6 is 15.9 Å². The van der Waals surface area contributed by atoms with Gasteiger partial charge in [0.25, 0.3) is 0 Å². The maximum Gasteiger partial charge on any atom is 0.406 e. The highest BCUT2D eigenvalue weighted by Crippen LogP contribution is 2.15. The summed E-state index contributed by atoms with van der Waals surface area (Å²) in [6.45, 7) is 0.592. The number of hydrogen-bond acceptors (Lipinski definition) is 3. The van der Waals surface area contributed by atoms with E-state index in [2.05, 4.69) is 31.1 Å². The Morgan fingerprint density at radius 2 is 2.35 bits per heavy atom. The fourth-order valence-electron chi connectivity index (χ4n) is 1.80. The summed E-state index contributed by atoms with van der Waals surface area (Å²) >= 11 is 3.44. The molecule has 0 unspecified atom stereocenters. The third-order valence-corrected chi connectivity index (χ3v) is 3.30. The van der Waals surface area contributed by atoms with Crippen LogP contribution < -0.4 is 5.32 Å². The second-order valence-corrected chi connectivity index (χ2v) is 5.21. The van der Waals surface area contributed by atoms with Crippen molar-refractivity contribution in [3.8, 4) is 5.69 Å². The average molecular weight is 338 g/mol. The number of hydrogen-bond donors (Lipinski definition) is 1. The van der Waals surface area contributed by atoms with Gasteiger partial charge in [0.05, 0.1) is 19.0 Å². The molecule has 1 amide bonds. The van der Waals surface area contributed by atoms with Gasteiger partial charge in [-0.2, -0.15) is 5.10 Å². The third kappa shape index (κ3) is 4.09. The average Bonchev–Trinajstić information content (AvgIpc) is 2.92. The number of amides is 1. The predicted octanol–water partition coefficient (Wildman–Crippen LogP) is 2.92. The number of alkyl carbamates (subject to hydrolysis) is 1. The van der Waals surface area contributed by atoms with E-state index in [9.17, 15) is 4.79 Å². The van der Waals surface area contributed by atoms with Crippen molar-refractivity contribution in [1.29, 1.82) is 0 Å². The quantitative estimate of drug-likeness (QED) is 0.853. The summed E-state index contributed by atoms with van der Waals surface area (Å²) < 4.78 is 7.37. The van der Waals surface area contributed by atoms with Crippen LogP contribution in [0.1, 0.15) is 12.0 Å². The molecule has 1 aromatic heterocycles. The summed E-state index contributed by atoms with van der Waals surface area (Å²) in [6.07, 6.45) is 5.16. The molecule has 0 radical (unpaired) electrons. The number of rotatable bonds is 5. The Balaban J connectivity index is 1.88. The molecule has 5 nitrogen and oxygen atoms in total. The van der Waals surface area contributed by atoms with Crippen LogP contribution in [0, 0.1) is 0 Å². The molecule has 0 atom stereocenters. The van der Waals surface area contributed by atoms with E-state index in [0.717, 1.165) is 28.6 Å². The highest BCUT2D eigenvalue weighted by Gasteiger charge is 2.02. The Morgan fingerprint density at radius 3 is 3.10 bits per heavy atom. The number of aromatic nitrogens is 2. The van der Waals surface area contributed by atoms with E-state index in [1.54, 1.807) is 0 Å². The molecule has 0 spiro atoms. The second kappa shape index (κ2) is 7.09. The molecule has 1 heterocycles. The predicted molar refractivity (Wildman–Crippen MR) is 80.0 cm³/mol. The standard InChI is InChI=1S/C14H16BrN3O2/c1-20-14(19)16-7-3-4-11-9-17-18(10-11)13-6-2-5-12(15)8-13/h2,5-6,8-10H,3-4,7H2,1H3,(H,16,19). The monoisotopic (exact) mass is 337 g/mol. The van der Waals surface area contributed by atoms with Crippen molar-refractivity contribution in [1.82, 2.24) is 15.1 Å². The molecule has 2 aromatic rings. The summed E-state index contributed by atoms with van der Waals surface area (Å²) in [5.41, 5.74) is 2.15. The largest absolute Gasteiger partial charge is 0.453 e. The van der Waals surface area contributed by atoms with E-state index in [-0.39, 0.29) is 0 Å². The molecule has 0 saturated heterocycles. The molecule has 0 aliphatic heterocycles. The number of nitrogens with zero attached hydrogens (tertiary/aromatic N) is 2. The number of aryl methyl sites for hydroxylation is 1. The van der Waals surface area contributed by atoms with Gasteiger partial charge in [-0.1, -0.05) is 22.0 Å². The van der Waals surface area contributed by atoms with Crippen LogP contribution in [0.4, 0.5) is 4.79 Å². The molecule has 2 rings (SSSR count). The van der Waals surface area contributed by atoms with Crippen molar-refractivity contribution in [2.45, 2.75) is 12.8 Å². The van der Waals surface area contributed by atoms with Gasteiger partial charge in [0.1, 0.15) is 0 Å². The number of carbonyl (C=O) groups is 1. The van der Waals surface area contributed by atoms with Gasteiger partial charge in [-0.25, -0.2) is 9.48 Å². The van der Waals surface area contributed by atoms with Crippen LogP contribution in [0.3, 0.4) is 0 Å². The molecule has 0 bridgehead atoms. The molecule has 1 aromatic carbocycles. The first-order valence-corrected chi connectivity index (χ1v) is 7.09. The number of carbonyl (C=O) groups excluding carboxylic acids is 1. The minimum atomic E-state index is -0.394. The first-order valence-electron chi connectivity index (χ1n) is 6.30. The minimum absolute atomic E-state index is 0.394. The van der Waals surface area contributed by atoms with Gasteiger partial charge in [-0.3, -0.25) is 0 Å². The summed E-state index contributed by atoms with van der Waals surface area (Å²) in [5, 5.41) is 7.00. The highest BCUT2D eigenvalue weighted by atomic mass is 79.9. The Hall–Kier alpha value is -1.82. The summed E-state index contributed by atoms with van der Waals surface area (Å²) in [4.78, 5) is 10.9. The number of nitrogens with one attached hydrogen (secondary N) is 1. The van der Waals surface area contributed by atoms with Crippen molar-refractivity contribution >= 4 is 22.0 Å². The molecule has 106 valence electrons.